The van der Waals surface area contributed by atoms with Crippen molar-refractivity contribution in [1.29, 1.82) is 0 Å². The summed E-state index contributed by atoms with van der Waals surface area (Å²) in [5.41, 5.74) is 1.54. The van der Waals surface area contributed by atoms with E-state index in [4.69, 9.17) is 0 Å². The number of esters is 1. The third-order valence-corrected chi connectivity index (χ3v) is 3.63. The molecule has 0 amide bonds. The van der Waals surface area contributed by atoms with Gasteiger partial charge in [0.05, 0.1) is 22.3 Å². The second-order valence-electron chi connectivity index (χ2n) is 4.03. The highest BCUT2D eigenvalue weighted by Crippen LogP contribution is 2.27. The van der Waals surface area contributed by atoms with E-state index in [1.807, 2.05) is 19.1 Å². The van der Waals surface area contributed by atoms with E-state index in [1.165, 1.54) is 14.0 Å². The van der Waals surface area contributed by atoms with E-state index in [2.05, 4.69) is 9.72 Å². The molecule has 0 radical (unpaired) electrons. The summed E-state index contributed by atoms with van der Waals surface area (Å²) >= 11 is 1.54. The number of methoxy groups -OCH3 is 1. The lowest BCUT2D eigenvalue weighted by molar-refractivity contribution is -0.145. The molecule has 0 bridgehead atoms. The van der Waals surface area contributed by atoms with Crippen LogP contribution in [0.3, 0.4) is 0 Å². The second-order valence-corrected chi connectivity index (χ2v) is 5.26. The first-order chi connectivity index (χ1) is 8.52. The predicted molar refractivity (Wildman–Crippen MR) is 69.8 cm³/mol. The van der Waals surface area contributed by atoms with Gasteiger partial charge in [0.15, 0.2) is 0 Å². The Balaban J connectivity index is 2.50. The summed E-state index contributed by atoms with van der Waals surface area (Å²) in [6.07, 6.45) is 0. The number of carbonyl (C=O) groups excluding carboxylic acids is 2. The van der Waals surface area contributed by atoms with Crippen LogP contribution in [-0.4, -0.2) is 23.8 Å². The molecule has 4 nitrogen and oxygen atoms in total. The van der Waals surface area contributed by atoms with Gasteiger partial charge in [0.25, 0.3) is 0 Å². The van der Waals surface area contributed by atoms with Crippen molar-refractivity contribution >= 4 is 33.3 Å². The molecule has 1 heterocycles. The van der Waals surface area contributed by atoms with E-state index in [-0.39, 0.29) is 5.78 Å². The first kappa shape index (κ1) is 12.7. The lowest BCUT2D eigenvalue weighted by atomic mass is 9.95. The van der Waals surface area contributed by atoms with Gasteiger partial charge >= 0.3 is 5.97 Å². The molecule has 1 unspecified atom stereocenters. The summed E-state index contributed by atoms with van der Waals surface area (Å²) in [7, 11) is 1.29. The fraction of sp³-hybridized carbons (Fsp3) is 0.308. The number of nitrogens with zero attached hydrogens (tertiary/aromatic N) is 1. The average molecular weight is 263 g/mol. The lowest BCUT2D eigenvalue weighted by Gasteiger charge is -2.11. The number of ether oxygens (including phenoxy) is 1. The number of fused-ring (bicyclic) bond motifs is 1. The SMILES string of the molecule is COC(=O)C(C(C)=O)c1ccc2nc(C)sc2c1. The Morgan fingerprint density at radius 2 is 2.11 bits per heavy atom. The Labute approximate surface area is 109 Å². The molecule has 0 N–H and O–H groups in total. The van der Waals surface area contributed by atoms with E-state index in [1.54, 1.807) is 17.4 Å². The average Bonchev–Trinajstić information content (AvgIpc) is 2.68. The van der Waals surface area contributed by atoms with E-state index >= 15 is 0 Å². The third-order valence-electron chi connectivity index (χ3n) is 2.70. The quantitative estimate of drug-likeness (QED) is 0.630. The van der Waals surface area contributed by atoms with Gasteiger partial charge in [-0.2, -0.15) is 0 Å². The minimum absolute atomic E-state index is 0.220. The molecule has 0 spiro atoms. The second kappa shape index (κ2) is 4.86. The Hall–Kier alpha value is -1.75. The number of Topliss-reactive ketones (excluding diaryl/α,β-unsaturated/α-hetero) is 1. The van der Waals surface area contributed by atoms with Crippen LogP contribution in [0.1, 0.15) is 23.4 Å². The number of thiazole rings is 1. The van der Waals surface area contributed by atoms with E-state index in [0.29, 0.717) is 5.56 Å². The van der Waals surface area contributed by atoms with Crippen molar-refractivity contribution in [2.24, 2.45) is 0 Å². The normalized spacial score (nSPS) is 12.4. The molecule has 94 valence electrons. The molecule has 1 atom stereocenters. The molecule has 0 fully saturated rings. The van der Waals surface area contributed by atoms with Gasteiger partial charge in [0, 0.05) is 0 Å². The van der Waals surface area contributed by atoms with Gasteiger partial charge in [0.2, 0.25) is 0 Å². The lowest BCUT2D eigenvalue weighted by Crippen LogP contribution is -2.20. The molecule has 18 heavy (non-hydrogen) atoms. The highest BCUT2D eigenvalue weighted by molar-refractivity contribution is 7.18. The van der Waals surface area contributed by atoms with Gasteiger partial charge in [-0.3, -0.25) is 9.59 Å². The zero-order chi connectivity index (χ0) is 13.3. The van der Waals surface area contributed by atoms with Gasteiger partial charge in [0.1, 0.15) is 11.7 Å². The largest absolute Gasteiger partial charge is 0.468 e. The van der Waals surface area contributed by atoms with Crippen molar-refractivity contribution in [2.45, 2.75) is 19.8 Å². The minimum atomic E-state index is -0.846. The third kappa shape index (κ3) is 2.26. The van der Waals surface area contributed by atoms with Crippen LogP contribution < -0.4 is 0 Å². The molecule has 2 rings (SSSR count). The molecular weight excluding hydrogens is 250 g/mol. The molecule has 0 aliphatic rings. The first-order valence-electron chi connectivity index (χ1n) is 5.48. The Morgan fingerprint density at radius 1 is 1.39 bits per heavy atom. The zero-order valence-electron chi connectivity index (χ0n) is 10.4. The molecule has 0 aliphatic heterocycles. The number of aromatic nitrogens is 1. The Kier molecular flexibility index (Phi) is 3.43. The van der Waals surface area contributed by atoms with Crippen LogP contribution in [0.15, 0.2) is 18.2 Å². The Morgan fingerprint density at radius 3 is 2.72 bits per heavy atom. The van der Waals surface area contributed by atoms with Crippen LogP contribution in [0.25, 0.3) is 10.2 Å². The minimum Gasteiger partial charge on any atom is -0.468 e. The maximum atomic E-state index is 11.6. The zero-order valence-corrected chi connectivity index (χ0v) is 11.2. The number of ketones is 1. The van der Waals surface area contributed by atoms with E-state index in [9.17, 15) is 9.59 Å². The van der Waals surface area contributed by atoms with Gasteiger partial charge in [-0.25, -0.2) is 4.98 Å². The fourth-order valence-corrected chi connectivity index (χ4v) is 2.77. The first-order valence-corrected chi connectivity index (χ1v) is 6.30. The van der Waals surface area contributed by atoms with E-state index < -0.39 is 11.9 Å². The van der Waals surface area contributed by atoms with Crippen LogP contribution in [0, 0.1) is 6.92 Å². The van der Waals surface area contributed by atoms with Crippen molar-refractivity contribution < 1.29 is 14.3 Å². The number of hydrogen-bond donors (Lipinski definition) is 0. The smallest absolute Gasteiger partial charge is 0.320 e. The molecule has 2 aromatic rings. The monoisotopic (exact) mass is 263 g/mol. The van der Waals surface area contributed by atoms with Gasteiger partial charge in [-0.05, 0) is 31.5 Å². The number of rotatable bonds is 3. The van der Waals surface area contributed by atoms with Crippen LogP contribution >= 0.6 is 11.3 Å². The Bertz CT molecular complexity index is 618. The van der Waals surface area contributed by atoms with Gasteiger partial charge < -0.3 is 4.74 Å². The molecule has 5 heteroatoms. The molecule has 1 aromatic heterocycles. The summed E-state index contributed by atoms with van der Waals surface area (Å²) in [5.74, 6) is -1.59. The summed E-state index contributed by atoms with van der Waals surface area (Å²) in [6, 6.07) is 5.42. The van der Waals surface area contributed by atoms with Crippen molar-refractivity contribution in [2.75, 3.05) is 7.11 Å². The summed E-state index contributed by atoms with van der Waals surface area (Å²) in [6.45, 7) is 3.32. The predicted octanol–water partition coefficient (Wildman–Crippen LogP) is 2.45. The molecular formula is C13H13NO3S. The maximum Gasteiger partial charge on any atom is 0.320 e. The molecule has 1 aromatic carbocycles. The highest BCUT2D eigenvalue weighted by Gasteiger charge is 2.26. The van der Waals surface area contributed by atoms with Gasteiger partial charge in [-0.1, -0.05) is 6.07 Å². The van der Waals surface area contributed by atoms with Gasteiger partial charge in [-0.15, -0.1) is 11.3 Å². The van der Waals surface area contributed by atoms with Crippen molar-refractivity contribution in [3.63, 3.8) is 0 Å². The number of aryl methyl sites for hydroxylation is 1. The number of benzene rings is 1. The summed E-state index contributed by atoms with van der Waals surface area (Å²) in [5, 5.41) is 0.958. The van der Waals surface area contributed by atoms with Crippen LogP contribution in [0.5, 0.6) is 0 Å². The molecule has 0 aliphatic carbocycles. The van der Waals surface area contributed by atoms with Crippen molar-refractivity contribution in [3.05, 3.63) is 28.8 Å². The number of carbonyl (C=O) groups is 2. The van der Waals surface area contributed by atoms with E-state index in [0.717, 1.165) is 15.2 Å². The standard InChI is InChI=1S/C13H13NO3S/c1-7(15)12(13(16)17-3)9-4-5-10-11(6-9)18-8(2)14-10/h4-6,12H,1-3H3. The fourth-order valence-electron chi connectivity index (χ4n) is 1.89. The topological polar surface area (TPSA) is 56.3 Å². The van der Waals surface area contributed by atoms with Crippen molar-refractivity contribution in [1.82, 2.24) is 4.98 Å². The maximum absolute atomic E-state index is 11.6. The number of hydrogen-bond acceptors (Lipinski definition) is 5. The van der Waals surface area contributed by atoms with Crippen LogP contribution in [0.4, 0.5) is 0 Å². The molecule has 0 saturated heterocycles. The summed E-state index contributed by atoms with van der Waals surface area (Å²) in [4.78, 5) is 27.6. The highest BCUT2D eigenvalue weighted by atomic mass is 32.1. The van der Waals surface area contributed by atoms with Crippen LogP contribution in [0.2, 0.25) is 0 Å². The summed E-state index contributed by atoms with van der Waals surface area (Å²) < 4.78 is 5.65. The van der Waals surface area contributed by atoms with Crippen LogP contribution in [-0.2, 0) is 14.3 Å². The molecule has 0 saturated carbocycles. The van der Waals surface area contributed by atoms with Crippen molar-refractivity contribution in [3.8, 4) is 0 Å².